The molecule has 22 heavy (non-hydrogen) atoms. The Balaban J connectivity index is 1.59. The van der Waals surface area contributed by atoms with Crippen LogP contribution in [0.15, 0.2) is 64.3 Å². The first kappa shape index (κ1) is 14.8. The largest absolute Gasteiger partial charge is 0.494 e. The number of rotatable bonds is 5. The molecular weight excluding hydrogens is 344 g/mol. The highest BCUT2D eigenvalue weighted by Gasteiger charge is 2.02. The van der Waals surface area contributed by atoms with Crippen molar-refractivity contribution in [3.8, 4) is 5.75 Å². The minimum Gasteiger partial charge on any atom is -0.494 e. The van der Waals surface area contributed by atoms with Crippen LogP contribution in [0.3, 0.4) is 0 Å². The van der Waals surface area contributed by atoms with E-state index in [9.17, 15) is 4.79 Å². The number of benzene rings is 2. The molecule has 0 atom stereocenters. The highest BCUT2D eigenvalue weighted by molar-refractivity contribution is 9.10. The summed E-state index contributed by atoms with van der Waals surface area (Å²) in [5.74, 6) is 0.847. The average molecular weight is 359 g/mol. The lowest BCUT2D eigenvalue weighted by atomic mass is 10.1. The van der Waals surface area contributed by atoms with E-state index in [1.807, 2.05) is 24.3 Å². The van der Waals surface area contributed by atoms with Crippen LogP contribution in [-0.2, 0) is 6.54 Å². The lowest BCUT2D eigenvalue weighted by Gasteiger charge is -2.09. The zero-order valence-corrected chi connectivity index (χ0v) is 13.5. The Labute approximate surface area is 136 Å². The first-order valence-electron chi connectivity index (χ1n) is 7.06. The molecule has 0 spiro atoms. The van der Waals surface area contributed by atoms with Crippen LogP contribution in [0.2, 0.25) is 0 Å². The monoisotopic (exact) mass is 358 g/mol. The molecule has 1 heterocycles. The third-order valence-electron chi connectivity index (χ3n) is 3.41. The number of aromatic nitrogens is 2. The van der Waals surface area contributed by atoms with Gasteiger partial charge in [-0.2, -0.15) is 0 Å². The fraction of sp³-hybridized carbons (Fsp3) is 0.176. The Kier molecular flexibility index (Phi) is 4.53. The SMILES string of the molecule is O=c1cncc(Br)n1CCCOc1ccc2ccccc2c1. The third kappa shape index (κ3) is 3.36. The van der Waals surface area contributed by atoms with E-state index < -0.39 is 0 Å². The van der Waals surface area contributed by atoms with Crippen molar-refractivity contribution in [2.24, 2.45) is 0 Å². The maximum absolute atomic E-state index is 11.7. The van der Waals surface area contributed by atoms with E-state index >= 15 is 0 Å². The summed E-state index contributed by atoms with van der Waals surface area (Å²) in [6.45, 7) is 1.15. The molecule has 2 aromatic carbocycles. The highest BCUT2D eigenvalue weighted by atomic mass is 79.9. The van der Waals surface area contributed by atoms with Crippen molar-refractivity contribution >= 4 is 26.7 Å². The second-order valence-corrected chi connectivity index (χ2v) is 5.74. The lowest BCUT2D eigenvalue weighted by Crippen LogP contribution is -2.21. The Bertz CT molecular complexity index is 845. The van der Waals surface area contributed by atoms with E-state index in [0.717, 1.165) is 17.6 Å². The minimum atomic E-state index is -0.111. The van der Waals surface area contributed by atoms with Gasteiger partial charge in [-0.15, -0.1) is 0 Å². The van der Waals surface area contributed by atoms with Crippen LogP contribution < -0.4 is 10.3 Å². The molecule has 0 aliphatic rings. The van der Waals surface area contributed by atoms with E-state index in [1.165, 1.54) is 11.6 Å². The van der Waals surface area contributed by atoms with Gasteiger partial charge in [0, 0.05) is 6.54 Å². The normalized spacial score (nSPS) is 10.8. The van der Waals surface area contributed by atoms with Gasteiger partial charge in [-0.05, 0) is 45.3 Å². The smallest absolute Gasteiger partial charge is 0.269 e. The summed E-state index contributed by atoms with van der Waals surface area (Å²) in [6.07, 6.45) is 3.68. The van der Waals surface area contributed by atoms with Crippen LogP contribution in [0, 0.1) is 0 Å². The number of ether oxygens (including phenoxy) is 1. The molecule has 0 radical (unpaired) electrons. The van der Waals surface area contributed by atoms with Gasteiger partial charge >= 0.3 is 0 Å². The number of fused-ring (bicyclic) bond motifs is 1. The van der Waals surface area contributed by atoms with E-state index in [4.69, 9.17) is 4.74 Å². The third-order valence-corrected chi connectivity index (χ3v) is 4.04. The van der Waals surface area contributed by atoms with Crippen LogP contribution in [0.4, 0.5) is 0 Å². The molecule has 0 saturated heterocycles. The van der Waals surface area contributed by atoms with Gasteiger partial charge in [-0.1, -0.05) is 30.3 Å². The van der Waals surface area contributed by atoms with Gasteiger partial charge in [0.25, 0.3) is 5.56 Å². The molecule has 0 bridgehead atoms. The van der Waals surface area contributed by atoms with Crippen LogP contribution >= 0.6 is 15.9 Å². The quantitative estimate of drug-likeness (QED) is 0.654. The molecule has 0 aliphatic heterocycles. The number of nitrogens with zero attached hydrogens (tertiary/aromatic N) is 2. The minimum absolute atomic E-state index is 0.111. The van der Waals surface area contributed by atoms with Crippen molar-refractivity contribution in [1.82, 2.24) is 9.55 Å². The zero-order valence-electron chi connectivity index (χ0n) is 11.9. The molecule has 3 rings (SSSR count). The van der Waals surface area contributed by atoms with Crippen LogP contribution in [-0.4, -0.2) is 16.2 Å². The van der Waals surface area contributed by atoms with Crippen molar-refractivity contribution in [2.45, 2.75) is 13.0 Å². The van der Waals surface area contributed by atoms with Crippen LogP contribution in [0.25, 0.3) is 10.8 Å². The number of hydrogen-bond donors (Lipinski definition) is 0. The first-order chi connectivity index (χ1) is 10.7. The van der Waals surface area contributed by atoms with Gasteiger partial charge < -0.3 is 4.74 Å². The van der Waals surface area contributed by atoms with Crippen molar-refractivity contribution < 1.29 is 4.74 Å². The Morgan fingerprint density at radius 1 is 1.09 bits per heavy atom. The predicted molar refractivity (Wildman–Crippen MR) is 90.3 cm³/mol. The van der Waals surface area contributed by atoms with Gasteiger partial charge in [0.2, 0.25) is 0 Å². The molecule has 0 fully saturated rings. The van der Waals surface area contributed by atoms with Crippen molar-refractivity contribution in [3.63, 3.8) is 0 Å². The summed E-state index contributed by atoms with van der Waals surface area (Å²) in [6, 6.07) is 14.2. The Morgan fingerprint density at radius 2 is 1.91 bits per heavy atom. The standard InChI is InChI=1S/C17H15BrN2O2/c18-16-11-19-12-17(21)20(16)8-3-9-22-15-7-6-13-4-1-2-5-14(13)10-15/h1-2,4-7,10-12H,3,8-9H2. The molecular formula is C17H15BrN2O2. The van der Waals surface area contributed by atoms with Crippen LogP contribution in [0.5, 0.6) is 5.75 Å². The van der Waals surface area contributed by atoms with Gasteiger partial charge in [0.15, 0.2) is 0 Å². The maximum atomic E-state index is 11.7. The predicted octanol–water partition coefficient (Wildman–Crippen LogP) is 3.63. The molecule has 112 valence electrons. The summed E-state index contributed by atoms with van der Waals surface area (Å²) in [4.78, 5) is 15.5. The van der Waals surface area contributed by atoms with Crippen molar-refractivity contribution in [3.05, 3.63) is 69.8 Å². The fourth-order valence-electron chi connectivity index (χ4n) is 2.29. The molecule has 0 N–H and O–H groups in total. The summed E-state index contributed by atoms with van der Waals surface area (Å²) in [5.41, 5.74) is -0.111. The Morgan fingerprint density at radius 3 is 2.73 bits per heavy atom. The second kappa shape index (κ2) is 6.75. The summed E-state index contributed by atoms with van der Waals surface area (Å²) in [5, 5.41) is 2.36. The topological polar surface area (TPSA) is 44.1 Å². The summed E-state index contributed by atoms with van der Waals surface area (Å²) < 4.78 is 8.09. The molecule has 0 unspecified atom stereocenters. The molecule has 3 aromatic rings. The van der Waals surface area contributed by atoms with E-state index in [2.05, 4.69) is 39.1 Å². The molecule has 5 heteroatoms. The summed E-state index contributed by atoms with van der Waals surface area (Å²) in [7, 11) is 0. The molecule has 0 amide bonds. The lowest BCUT2D eigenvalue weighted by molar-refractivity contribution is 0.300. The summed E-state index contributed by atoms with van der Waals surface area (Å²) >= 11 is 3.33. The van der Waals surface area contributed by atoms with Gasteiger partial charge in [-0.3, -0.25) is 14.3 Å². The molecule has 0 saturated carbocycles. The number of halogens is 1. The van der Waals surface area contributed by atoms with Gasteiger partial charge in [-0.25, -0.2) is 0 Å². The molecule has 4 nitrogen and oxygen atoms in total. The van der Waals surface area contributed by atoms with E-state index in [0.29, 0.717) is 17.8 Å². The zero-order chi connectivity index (χ0) is 15.4. The average Bonchev–Trinajstić information content (AvgIpc) is 2.53. The van der Waals surface area contributed by atoms with E-state index in [-0.39, 0.29) is 5.56 Å². The van der Waals surface area contributed by atoms with Crippen molar-refractivity contribution in [1.29, 1.82) is 0 Å². The Hall–Kier alpha value is -2.14. The van der Waals surface area contributed by atoms with Crippen molar-refractivity contribution in [2.75, 3.05) is 6.61 Å². The first-order valence-corrected chi connectivity index (χ1v) is 7.85. The highest BCUT2D eigenvalue weighted by Crippen LogP contribution is 2.20. The molecule has 0 aliphatic carbocycles. The van der Waals surface area contributed by atoms with Gasteiger partial charge in [0.1, 0.15) is 10.4 Å². The van der Waals surface area contributed by atoms with Gasteiger partial charge in [0.05, 0.1) is 19.0 Å². The van der Waals surface area contributed by atoms with E-state index in [1.54, 1.807) is 10.8 Å². The molecule has 1 aromatic heterocycles. The van der Waals surface area contributed by atoms with Crippen LogP contribution in [0.1, 0.15) is 6.42 Å². The number of hydrogen-bond acceptors (Lipinski definition) is 3. The fourth-order valence-corrected chi connectivity index (χ4v) is 2.76. The maximum Gasteiger partial charge on any atom is 0.269 e. The second-order valence-electron chi connectivity index (χ2n) is 4.93.